The summed E-state index contributed by atoms with van der Waals surface area (Å²) in [5, 5.41) is 3.92. The Hall–Kier alpha value is -1.49. The zero-order valence-corrected chi connectivity index (χ0v) is 10.0. The zero-order valence-electron chi connectivity index (χ0n) is 8.45. The van der Waals surface area contributed by atoms with E-state index in [1.807, 2.05) is 0 Å². The molecule has 0 unspecified atom stereocenters. The number of aryl methyl sites for hydroxylation is 1. The first-order valence-corrected chi connectivity index (χ1v) is 5.37. The lowest BCUT2D eigenvalue weighted by atomic mass is 10.1. The summed E-state index contributed by atoms with van der Waals surface area (Å²) in [5.41, 5.74) is 0.386. The second kappa shape index (κ2) is 4.17. The number of nitrogens with zero attached hydrogens (tertiary/aromatic N) is 2. The van der Waals surface area contributed by atoms with Crippen LogP contribution in [-0.4, -0.2) is 15.6 Å². The minimum absolute atomic E-state index is 0.0480. The summed E-state index contributed by atoms with van der Waals surface area (Å²) in [4.78, 5) is 12.0. The molecule has 0 saturated heterocycles. The van der Waals surface area contributed by atoms with E-state index < -0.39 is 5.82 Å². The van der Waals surface area contributed by atoms with E-state index in [0.29, 0.717) is 10.2 Å². The van der Waals surface area contributed by atoms with E-state index in [-0.39, 0.29) is 11.3 Å². The third-order valence-corrected chi connectivity index (χ3v) is 2.81. The van der Waals surface area contributed by atoms with Crippen molar-refractivity contribution in [2.24, 2.45) is 7.05 Å². The molecule has 5 heteroatoms. The highest BCUT2D eigenvalue weighted by Crippen LogP contribution is 2.20. The molecule has 2 aromatic rings. The van der Waals surface area contributed by atoms with Gasteiger partial charge in [0, 0.05) is 7.05 Å². The fourth-order valence-electron chi connectivity index (χ4n) is 1.44. The van der Waals surface area contributed by atoms with Crippen LogP contribution in [-0.2, 0) is 7.05 Å². The number of halogens is 2. The van der Waals surface area contributed by atoms with E-state index in [0.717, 1.165) is 0 Å². The summed E-state index contributed by atoms with van der Waals surface area (Å²) < 4.78 is 15.4. The van der Waals surface area contributed by atoms with Crippen molar-refractivity contribution < 1.29 is 9.18 Å². The van der Waals surface area contributed by atoms with Gasteiger partial charge in [-0.05, 0) is 28.1 Å². The number of ketones is 1. The molecule has 0 saturated carbocycles. The molecule has 1 aromatic heterocycles. The number of aromatic nitrogens is 2. The number of carbonyl (C=O) groups is 1. The molecule has 1 aromatic carbocycles. The van der Waals surface area contributed by atoms with Gasteiger partial charge in [-0.2, -0.15) is 5.10 Å². The third-order valence-electron chi connectivity index (χ3n) is 2.23. The molecule has 0 spiro atoms. The topological polar surface area (TPSA) is 34.9 Å². The molecule has 0 fully saturated rings. The van der Waals surface area contributed by atoms with Crippen molar-refractivity contribution in [3.05, 3.63) is 52.0 Å². The molecule has 0 aliphatic carbocycles. The lowest BCUT2D eigenvalue weighted by Crippen LogP contribution is -2.10. The van der Waals surface area contributed by atoms with Gasteiger partial charge in [0.05, 0.1) is 16.2 Å². The van der Waals surface area contributed by atoms with Gasteiger partial charge < -0.3 is 0 Å². The van der Waals surface area contributed by atoms with E-state index in [4.69, 9.17) is 0 Å². The molecule has 0 N–H and O–H groups in total. The molecule has 0 amide bonds. The predicted octanol–water partition coefficient (Wildman–Crippen LogP) is 2.55. The molecule has 16 heavy (non-hydrogen) atoms. The van der Waals surface area contributed by atoms with E-state index in [2.05, 4.69) is 21.0 Å². The number of hydrogen-bond acceptors (Lipinski definition) is 2. The van der Waals surface area contributed by atoms with Crippen molar-refractivity contribution in [2.45, 2.75) is 0 Å². The Morgan fingerprint density at radius 1 is 1.44 bits per heavy atom. The van der Waals surface area contributed by atoms with Crippen LogP contribution in [0.15, 0.2) is 34.9 Å². The largest absolute Gasteiger partial charge is 0.287 e. The molecular formula is C11H8BrFN2O. The molecule has 0 radical (unpaired) electrons. The SMILES string of the molecule is Cn1ncc(Br)c1C(=O)c1ccccc1F. The van der Waals surface area contributed by atoms with Crippen molar-refractivity contribution in [1.29, 1.82) is 0 Å². The van der Waals surface area contributed by atoms with Crippen LogP contribution in [0.2, 0.25) is 0 Å². The van der Waals surface area contributed by atoms with E-state index in [1.54, 1.807) is 19.2 Å². The Bertz CT molecular complexity index is 531. The normalized spacial score (nSPS) is 10.4. The lowest BCUT2D eigenvalue weighted by Gasteiger charge is -2.03. The number of hydrogen-bond donors (Lipinski definition) is 0. The summed E-state index contributed by atoms with van der Waals surface area (Å²) in [6, 6.07) is 5.89. The average molecular weight is 283 g/mol. The zero-order chi connectivity index (χ0) is 11.7. The maximum atomic E-state index is 13.4. The molecule has 0 aliphatic rings. The number of benzene rings is 1. The maximum absolute atomic E-state index is 13.4. The van der Waals surface area contributed by atoms with Crippen molar-refractivity contribution in [1.82, 2.24) is 9.78 Å². The second-order valence-electron chi connectivity index (χ2n) is 3.27. The highest BCUT2D eigenvalue weighted by molar-refractivity contribution is 9.10. The molecule has 1 heterocycles. The number of carbonyl (C=O) groups excluding carboxylic acids is 1. The van der Waals surface area contributed by atoms with Gasteiger partial charge >= 0.3 is 0 Å². The fourth-order valence-corrected chi connectivity index (χ4v) is 1.97. The molecular weight excluding hydrogens is 275 g/mol. The summed E-state index contributed by atoms with van der Waals surface area (Å²) in [6.07, 6.45) is 1.51. The Balaban J connectivity index is 2.52. The van der Waals surface area contributed by atoms with Gasteiger partial charge in [0.2, 0.25) is 5.78 Å². The first-order valence-electron chi connectivity index (χ1n) is 4.58. The van der Waals surface area contributed by atoms with Gasteiger partial charge in [0.25, 0.3) is 0 Å². The summed E-state index contributed by atoms with van der Waals surface area (Å²) in [5.74, 6) is -0.912. The van der Waals surface area contributed by atoms with Crippen molar-refractivity contribution >= 4 is 21.7 Å². The van der Waals surface area contributed by atoms with Gasteiger partial charge in [-0.15, -0.1) is 0 Å². The molecule has 0 atom stereocenters. The van der Waals surface area contributed by atoms with Crippen LogP contribution in [0.1, 0.15) is 16.1 Å². The molecule has 0 bridgehead atoms. The first-order chi connectivity index (χ1) is 7.61. The molecule has 3 nitrogen and oxygen atoms in total. The Kier molecular flexibility index (Phi) is 2.87. The smallest absolute Gasteiger partial charge is 0.215 e. The maximum Gasteiger partial charge on any atom is 0.215 e. The quantitative estimate of drug-likeness (QED) is 0.794. The molecule has 2 rings (SSSR count). The van der Waals surface area contributed by atoms with E-state index in [1.165, 1.54) is 23.0 Å². The minimum atomic E-state index is -0.527. The summed E-state index contributed by atoms with van der Waals surface area (Å²) in [7, 11) is 1.64. The highest BCUT2D eigenvalue weighted by Gasteiger charge is 2.19. The van der Waals surface area contributed by atoms with Gasteiger partial charge in [-0.3, -0.25) is 9.48 Å². The van der Waals surface area contributed by atoms with Crippen molar-refractivity contribution in [3.63, 3.8) is 0 Å². The fraction of sp³-hybridized carbons (Fsp3) is 0.0909. The second-order valence-corrected chi connectivity index (χ2v) is 4.13. The van der Waals surface area contributed by atoms with Crippen LogP contribution >= 0.6 is 15.9 Å². The first kappa shape index (κ1) is 11.0. The molecule has 0 aliphatic heterocycles. The minimum Gasteiger partial charge on any atom is -0.287 e. The summed E-state index contributed by atoms with van der Waals surface area (Å²) >= 11 is 3.21. The summed E-state index contributed by atoms with van der Waals surface area (Å²) in [6.45, 7) is 0. The highest BCUT2D eigenvalue weighted by atomic mass is 79.9. The Morgan fingerprint density at radius 2 is 2.12 bits per heavy atom. The monoisotopic (exact) mass is 282 g/mol. The van der Waals surface area contributed by atoms with Gasteiger partial charge in [0.1, 0.15) is 11.5 Å². The standard InChI is InChI=1S/C11H8BrFN2O/c1-15-10(8(12)6-14-15)11(16)7-4-2-3-5-9(7)13/h2-6H,1H3. The Morgan fingerprint density at radius 3 is 2.69 bits per heavy atom. The average Bonchev–Trinajstić information content (AvgIpc) is 2.58. The van der Waals surface area contributed by atoms with E-state index >= 15 is 0 Å². The van der Waals surface area contributed by atoms with Crippen molar-refractivity contribution in [3.8, 4) is 0 Å². The van der Waals surface area contributed by atoms with Gasteiger partial charge in [-0.1, -0.05) is 12.1 Å². The van der Waals surface area contributed by atoms with Crippen LogP contribution in [0.4, 0.5) is 4.39 Å². The Labute approximate surface area is 100 Å². The third kappa shape index (κ3) is 1.78. The number of rotatable bonds is 2. The van der Waals surface area contributed by atoms with Crippen LogP contribution < -0.4 is 0 Å². The van der Waals surface area contributed by atoms with E-state index in [9.17, 15) is 9.18 Å². The van der Waals surface area contributed by atoms with Gasteiger partial charge in [0.15, 0.2) is 0 Å². The van der Waals surface area contributed by atoms with Crippen molar-refractivity contribution in [2.75, 3.05) is 0 Å². The lowest BCUT2D eigenvalue weighted by molar-refractivity contribution is 0.102. The van der Waals surface area contributed by atoms with Gasteiger partial charge in [-0.25, -0.2) is 4.39 Å². The van der Waals surface area contributed by atoms with Crippen LogP contribution in [0.5, 0.6) is 0 Å². The molecule has 82 valence electrons. The predicted molar refractivity (Wildman–Crippen MR) is 60.7 cm³/mol. The van der Waals surface area contributed by atoms with Crippen LogP contribution in [0.25, 0.3) is 0 Å². The van der Waals surface area contributed by atoms with Crippen LogP contribution in [0.3, 0.4) is 0 Å². The van der Waals surface area contributed by atoms with Crippen LogP contribution in [0, 0.1) is 5.82 Å².